The van der Waals surface area contributed by atoms with Gasteiger partial charge in [-0.25, -0.2) is 0 Å². The van der Waals surface area contributed by atoms with Gasteiger partial charge in [-0.05, 0) is 40.8 Å². The van der Waals surface area contributed by atoms with E-state index >= 15 is 0 Å². The van der Waals surface area contributed by atoms with Crippen LogP contribution in [-0.2, 0) is 9.59 Å². The Hall–Kier alpha value is -3.60. The number of carbonyl (C=O) groups excluding carboxylic acids is 2. The average Bonchev–Trinajstić information content (AvgIpc) is 3.17. The van der Waals surface area contributed by atoms with Crippen molar-refractivity contribution in [3.05, 3.63) is 78.4 Å². The molecule has 3 N–H and O–H groups in total. The lowest BCUT2D eigenvalue weighted by Crippen LogP contribution is -2.29. The quantitative estimate of drug-likeness (QED) is 0.575. The van der Waals surface area contributed by atoms with E-state index in [-0.39, 0.29) is 18.2 Å². The van der Waals surface area contributed by atoms with Crippen LogP contribution in [-0.4, -0.2) is 18.4 Å². The van der Waals surface area contributed by atoms with Crippen LogP contribution in [0.25, 0.3) is 11.1 Å². The van der Waals surface area contributed by atoms with Crippen molar-refractivity contribution < 1.29 is 9.59 Å². The van der Waals surface area contributed by atoms with Crippen molar-refractivity contribution in [3.63, 3.8) is 0 Å². The smallest absolute Gasteiger partial charge is 0.229 e. The van der Waals surface area contributed by atoms with Gasteiger partial charge in [-0.1, -0.05) is 68.4 Å². The molecule has 5 heteroatoms. The maximum Gasteiger partial charge on any atom is 0.229 e. The second kappa shape index (κ2) is 8.64. The Balaban J connectivity index is 1.48. The van der Waals surface area contributed by atoms with E-state index in [1.807, 2.05) is 72.8 Å². The first-order valence-corrected chi connectivity index (χ1v) is 10.6. The third-order valence-electron chi connectivity index (χ3n) is 5.76. The zero-order chi connectivity index (χ0) is 22.0. The Morgan fingerprint density at radius 3 is 2.42 bits per heavy atom. The Labute approximate surface area is 182 Å². The molecule has 0 radical (unpaired) electrons. The van der Waals surface area contributed by atoms with E-state index in [0.29, 0.717) is 23.8 Å². The Bertz CT molecular complexity index is 1110. The first-order valence-electron chi connectivity index (χ1n) is 10.6. The van der Waals surface area contributed by atoms with Crippen molar-refractivity contribution in [1.29, 1.82) is 0 Å². The lowest BCUT2D eigenvalue weighted by atomic mass is 10.0. The monoisotopic (exact) mass is 413 g/mol. The van der Waals surface area contributed by atoms with E-state index < -0.39 is 5.92 Å². The highest BCUT2D eigenvalue weighted by Crippen LogP contribution is 2.33. The van der Waals surface area contributed by atoms with Crippen molar-refractivity contribution in [1.82, 2.24) is 0 Å². The molecule has 1 fully saturated rings. The molecule has 3 aromatic rings. The average molecular weight is 414 g/mol. The standard InChI is InChI=1S/C26H27N3O2/c1-17(2)21-10-6-7-11-24(21)29-16-20(15-25(29)30)26(31)28-23-13-12-19(14-22(23)27)18-8-4-3-5-9-18/h3-14,17,20H,15-16,27H2,1-2H3,(H,28,31). The van der Waals surface area contributed by atoms with E-state index in [1.54, 1.807) is 4.90 Å². The summed E-state index contributed by atoms with van der Waals surface area (Å²) in [6, 6.07) is 23.4. The number of nitrogens with one attached hydrogen (secondary N) is 1. The Morgan fingerprint density at radius 1 is 1.00 bits per heavy atom. The topological polar surface area (TPSA) is 75.4 Å². The van der Waals surface area contributed by atoms with E-state index in [2.05, 4.69) is 19.2 Å². The number of anilines is 3. The summed E-state index contributed by atoms with van der Waals surface area (Å²) in [6.07, 6.45) is 0.195. The third-order valence-corrected chi connectivity index (χ3v) is 5.76. The summed E-state index contributed by atoms with van der Waals surface area (Å²) in [5.74, 6) is -0.335. The van der Waals surface area contributed by atoms with Gasteiger partial charge in [0.2, 0.25) is 11.8 Å². The molecule has 1 aliphatic rings. The van der Waals surface area contributed by atoms with Gasteiger partial charge in [-0.15, -0.1) is 0 Å². The molecule has 158 valence electrons. The van der Waals surface area contributed by atoms with Crippen LogP contribution in [0.5, 0.6) is 0 Å². The lowest BCUT2D eigenvalue weighted by Gasteiger charge is -2.22. The molecule has 31 heavy (non-hydrogen) atoms. The second-order valence-corrected chi connectivity index (χ2v) is 8.28. The minimum Gasteiger partial charge on any atom is -0.397 e. The van der Waals surface area contributed by atoms with Crippen LogP contribution in [0.15, 0.2) is 72.8 Å². The van der Waals surface area contributed by atoms with Crippen LogP contribution < -0.4 is 16.0 Å². The number of hydrogen-bond donors (Lipinski definition) is 2. The summed E-state index contributed by atoms with van der Waals surface area (Å²) in [5, 5.41) is 2.92. The van der Waals surface area contributed by atoms with Crippen LogP contribution in [0.4, 0.5) is 17.1 Å². The number of nitrogen functional groups attached to an aromatic ring is 1. The molecule has 5 nitrogen and oxygen atoms in total. The molecule has 0 spiro atoms. The molecule has 0 aliphatic carbocycles. The van der Waals surface area contributed by atoms with E-state index in [0.717, 1.165) is 22.4 Å². The maximum absolute atomic E-state index is 12.9. The molecule has 1 atom stereocenters. The number of nitrogens with zero attached hydrogens (tertiary/aromatic N) is 1. The van der Waals surface area contributed by atoms with Gasteiger partial charge in [0.1, 0.15) is 0 Å². The minimum absolute atomic E-state index is 0.0272. The number of para-hydroxylation sites is 1. The van der Waals surface area contributed by atoms with Crippen molar-refractivity contribution in [2.24, 2.45) is 5.92 Å². The number of amides is 2. The molecule has 1 heterocycles. The summed E-state index contributed by atoms with van der Waals surface area (Å²) in [7, 11) is 0. The molecule has 1 unspecified atom stereocenters. The van der Waals surface area contributed by atoms with Gasteiger partial charge < -0.3 is 16.0 Å². The van der Waals surface area contributed by atoms with Gasteiger partial charge in [-0.3, -0.25) is 9.59 Å². The fraction of sp³-hybridized carbons (Fsp3) is 0.231. The largest absolute Gasteiger partial charge is 0.397 e. The van der Waals surface area contributed by atoms with Gasteiger partial charge in [-0.2, -0.15) is 0 Å². The van der Waals surface area contributed by atoms with Crippen LogP contribution in [0, 0.1) is 5.92 Å². The summed E-state index contributed by atoms with van der Waals surface area (Å²) in [4.78, 5) is 27.4. The number of carbonyl (C=O) groups is 2. The zero-order valence-electron chi connectivity index (χ0n) is 17.8. The van der Waals surface area contributed by atoms with Crippen molar-refractivity contribution in [2.45, 2.75) is 26.2 Å². The van der Waals surface area contributed by atoms with Gasteiger partial charge >= 0.3 is 0 Å². The highest BCUT2D eigenvalue weighted by Gasteiger charge is 2.36. The van der Waals surface area contributed by atoms with Gasteiger partial charge in [0.25, 0.3) is 0 Å². The van der Waals surface area contributed by atoms with E-state index in [4.69, 9.17) is 5.73 Å². The highest BCUT2D eigenvalue weighted by atomic mass is 16.2. The maximum atomic E-state index is 12.9. The molecule has 0 saturated carbocycles. The SMILES string of the molecule is CC(C)c1ccccc1N1CC(C(=O)Nc2ccc(-c3ccccc3)cc2N)CC1=O. The molecule has 1 aliphatic heterocycles. The first kappa shape index (κ1) is 20.7. The van der Waals surface area contributed by atoms with Crippen LogP contribution in [0.2, 0.25) is 0 Å². The number of hydrogen-bond acceptors (Lipinski definition) is 3. The fourth-order valence-electron chi connectivity index (χ4n) is 4.06. The number of benzene rings is 3. The molecule has 4 rings (SSSR count). The number of rotatable bonds is 5. The van der Waals surface area contributed by atoms with Crippen molar-refractivity contribution >= 4 is 28.9 Å². The van der Waals surface area contributed by atoms with Crippen LogP contribution in [0.3, 0.4) is 0 Å². The van der Waals surface area contributed by atoms with Gasteiger partial charge in [0.15, 0.2) is 0 Å². The summed E-state index contributed by atoms with van der Waals surface area (Å²) in [6.45, 7) is 4.58. The van der Waals surface area contributed by atoms with Crippen molar-refractivity contribution in [3.8, 4) is 11.1 Å². The first-order chi connectivity index (χ1) is 14.9. The van der Waals surface area contributed by atoms with E-state index in [9.17, 15) is 9.59 Å². The van der Waals surface area contributed by atoms with Crippen LogP contribution in [0.1, 0.15) is 31.7 Å². The molecular weight excluding hydrogens is 386 g/mol. The molecular formula is C26H27N3O2. The molecule has 1 saturated heterocycles. The molecule has 3 aromatic carbocycles. The van der Waals surface area contributed by atoms with Gasteiger partial charge in [0.05, 0.1) is 17.3 Å². The summed E-state index contributed by atoms with van der Waals surface area (Å²) < 4.78 is 0. The zero-order valence-corrected chi connectivity index (χ0v) is 17.8. The highest BCUT2D eigenvalue weighted by molar-refractivity contribution is 6.04. The minimum atomic E-state index is -0.416. The van der Waals surface area contributed by atoms with E-state index in [1.165, 1.54) is 0 Å². The molecule has 0 bridgehead atoms. The predicted molar refractivity (Wildman–Crippen MR) is 126 cm³/mol. The fourth-order valence-corrected chi connectivity index (χ4v) is 4.06. The lowest BCUT2D eigenvalue weighted by molar-refractivity contribution is -0.122. The normalized spacial score (nSPS) is 16.0. The Morgan fingerprint density at radius 2 is 1.71 bits per heavy atom. The Kier molecular flexibility index (Phi) is 5.76. The van der Waals surface area contributed by atoms with Crippen LogP contribution >= 0.6 is 0 Å². The number of nitrogens with two attached hydrogens (primary N) is 1. The molecule has 0 aromatic heterocycles. The summed E-state index contributed by atoms with van der Waals surface area (Å²) in [5.41, 5.74) is 11.3. The third kappa shape index (κ3) is 4.31. The second-order valence-electron chi connectivity index (χ2n) is 8.28. The predicted octanol–water partition coefficient (Wildman–Crippen LogP) is 5.05. The summed E-state index contributed by atoms with van der Waals surface area (Å²) >= 11 is 0. The van der Waals surface area contributed by atoms with Crippen molar-refractivity contribution in [2.75, 3.05) is 22.5 Å². The van der Waals surface area contributed by atoms with Gasteiger partial charge in [0, 0.05) is 18.7 Å². The molecule has 2 amide bonds.